The van der Waals surface area contributed by atoms with E-state index in [4.69, 9.17) is 9.52 Å². The molecule has 0 unspecified atom stereocenters. The average molecular weight is 348 g/mol. The largest absolute Gasteiger partial charge is 0.478 e. The molecule has 0 aliphatic rings. The fourth-order valence-electron chi connectivity index (χ4n) is 2.39. The molecule has 3 aromatic rings. The fourth-order valence-corrected chi connectivity index (χ4v) is 2.39. The SMILES string of the molecule is Cc1cccc(C(=O)N/N=C/c2ccc(-c3cccc(C(=O)O)c3)o2)c1. The minimum absolute atomic E-state index is 0.180. The molecule has 26 heavy (non-hydrogen) atoms. The Hall–Kier alpha value is -3.67. The van der Waals surface area contributed by atoms with Crippen molar-refractivity contribution in [1.82, 2.24) is 5.43 Å². The molecule has 0 aliphatic heterocycles. The maximum Gasteiger partial charge on any atom is 0.335 e. The quantitative estimate of drug-likeness (QED) is 0.543. The predicted molar refractivity (Wildman–Crippen MR) is 97.3 cm³/mol. The van der Waals surface area contributed by atoms with Crippen molar-refractivity contribution in [2.45, 2.75) is 6.92 Å². The second-order valence-corrected chi connectivity index (χ2v) is 5.66. The molecule has 0 aliphatic carbocycles. The molecule has 0 spiro atoms. The van der Waals surface area contributed by atoms with Crippen LogP contribution < -0.4 is 5.43 Å². The first-order chi connectivity index (χ1) is 12.5. The molecular weight excluding hydrogens is 332 g/mol. The summed E-state index contributed by atoms with van der Waals surface area (Å²) < 4.78 is 5.62. The molecular formula is C20H16N2O4. The van der Waals surface area contributed by atoms with Gasteiger partial charge in [0.15, 0.2) is 0 Å². The minimum atomic E-state index is -1.00. The number of carboxylic acids is 1. The van der Waals surface area contributed by atoms with Gasteiger partial charge in [-0.2, -0.15) is 5.10 Å². The molecule has 0 radical (unpaired) electrons. The zero-order valence-electron chi connectivity index (χ0n) is 14.0. The molecule has 2 aromatic carbocycles. The lowest BCUT2D eigenvalue weighted by Crippen LogP contribution is -2.17. The molecule has 0 bridgehead atoms. The number of hydrogen-bond acceptors (Lipinski definition) is 4. The van der Waals surface area contributed by atoms with Crippen LogP contribution in [-0.4, -0.2) is 23.2 Å². The van der Waals surface area contributed by atoms with E-state index in [1.807, 2.05) is 13.0 Å². The third kappa shape index (κ3) is 4.05. The highest BCUT2D eigenvalue weighted by atomic mass is 16.4. The van der Waals surface area contributed by atoms with Crippen molar-refractivity contribution in [3.05, 3.63) is 83.1 Å². The lowest BCUT2D eigenvalue weighted by atomic mass is 10.1. The van der Waals surface area contributed by atoms with Crippen molar-refractivity contribution in [1.29, 1.82) is 0 Å². The van der Waals surface area contributed by atoms with E-state index in [1.165, 1.54) is 18.3 Å². The number of nitrogens with one attached hydrogen (secondary N) is 1. The van der Waals surface area contributed by atoms with Crippen LogP contribution in [-0.2, 0) is 0 Å². The zero-order valence-corrected chi connectivity index (χ0v) is 14.0. The number of carbonyl (C=O) groups excluding carboxylic acids is 1. The summed E-state index contributed by atoms with van der Waals surface area (Å²) in [5, 5.41) is 12.9. The lowest BCUT2D eigenvalue weighted by Gasteiger charge is -2.00. The Morgan fingerprint density at radius 1 is 1.04 bits per heavy atom. The van der Waals surface area contributed by atoms with Crippen LogP contribution in [0, 0.1) is 6.92 Å². The number of amides is 1. The monoisotopic (exact) mass is 348 g/mol. The highest BCUT2D eigenvalue weighted by Crippen LogP contribution is 2.22. The van der Waals surface area contributed by atoms with E-state index in [2.05, 4.69) is 10.5 Å². The van der Waals surface area contributed by atoms with E-state index in [-0.39, 0.29) is 11.5 Å². The van der Waals surface area contributed by atoms with Crippen LogP contribution in [0.4, 0.5) is 0 Å². The number of carboxylic acid groups (broad SMARTS) is 1. The zero-order chi connectivity index (χ0) is 18.5. The van der Waals surface area contributed by atoms with E-state index in [0.717, 1.165) is 5.56 Å². The summed E-state index contributed by atoms with van der Waals surface area (Å²) in [6, 6.07) is 17.0. The summed E-state index contributed by atoms with van der Waals surface area (Å²) in [6.45, 7) is 1.91. The standard InChI is InChI=1S/C20H16N2O4/c1-13-4-2-6-15(10-13)19(23)22-21-12-17-8-9-18(26-17)14-5-3-7-16(11-14)20(24)25/h2-12H,1H3,(H,22,23)(H,24,25)/b21-12+. The van der Waals surface area contributed by atoms with Crippen LogP contribution in [0.3, 0.4) is 0 Å². The molecule has 130 valence electrons. The van der Waals surface area contributed by atoms with Gasteiger partial charge in [0.25, 0.3) is 5.91 Å². The van der Waals surface area contributed by atoms with Crippen molar-refractivity contribution in [3.8, 4) is 11.3 Å². The van der Waals surface area contributed by atoms with Crippen molar-refractivity contribution in [2.75, 3.05) is 0 Å². The van der Waals surface area contributed by atoms with E-state index in [1.54, 1.807) is 42.5 Å². The lowest BCUT2D eigenvalue weighted by molar-refractivity contribution is 0.0696. The van der Waals surface area contributed by atoms with Gasteiger partial charge in [0.2, 0.25) is 0 Å². The second-order valence-electron chi connectivity index (χ2n) is 5.66. The molecule has 0 atom stereocenters. The summed E-state index contributed by atoms with van der Waals surface area (Å²) in [6.07, 6.45) is 1.39. The number of hydrogen-bond donors (Lipinski definition) is 2. The normalized spacial score (nSPS) is 10.8. The van der Waals surface area contributed by atoms with Gasteiger partial charge >= 0.3 is 5.97 Å². The van der Waals surface area contributed by atoms with Crippen molar-refractivity contribution in [2.24, 2.45) is 5.10 Å². The Bertz CT molecular complexity index is 989. The predicted octanol–water partition coefficient (Wildman–Crippen LogP) is 3.72. The summed E-state index contributed by atoms with van der Waals surface area (Å²) in [4.78, 5) is 23.0. The Morgan fingerprint density at radius 3 is 2.58 bits per heavy atom. The summed E-state index contributed by atoms with van der Waals surface area (Å²) in [5.41, 5.74) is 4.78. The molecule has 0 saturated carbocycles. The number of nitrogens with zero attached hydrogens (tertiary/aromatic N) is 1. The van der Waals surface area contributed by atoms with Crippen LogP contribution >= 0.6 is 0 Å². The number of hydrazone groups is 1. The highest BCUT2D eigenvalue weighted by Gasteiger charge is 2.08. The minimum Gasteiger partial charge on any atom is -0.478 e. The molecule has 3 rings (SSSR count). The smallest absolute Gasteiger partial charge is 0.335 e. The molecule has 2 N–H and O–H groups in total. The molecule has 0 saturated heterocycles. The Balaban J connectivity index is 1.68. The number of furan rings is 1. The number of carbonyl (C=O) groups is 2. The second kappa shape index (κ2) is 7.48. The Morgan fingerprint density at radius 2 is 1.81 bits per heavy atom. The number of aromatic carboxylic acids is 1. The third-order valence-electron chi connectivity index (χ3n) is 3.66. The van der Waals surface area contributed by atoms with Gasteiger partial charge in [-0.25, -0.2) is 10.2 Å². The van der Waals surface area contributed by atoms with E-state index in [9.17, 15) is 9.59 Å². The van der Waals surface area contributed by atoms with E-state index in [0.29, 0.717) is 22.6 Å². The maximum atomic E-state index is 12.0. The number of aryl methyl sites for hydroxylation is 1. The third-order valence-corrected chi connectivity index (χ3v) is 3.66. The van der Waals surface area contributed by atoms with E-state index < -0.39 is 5.97 Å². The summed E-state index contributed by atoms with van der Waals surface area (Å²) in [5.74, 6) is -0.366. The first-order valence-electron chi connectivity index (χ1n) is 7.86. The number of rotatable bonds is 5. The van der Waals surface area contributed by atoms with Gasteiger partial charge < -0.3 is 9.52 Å². The first kappa shape index (κ1) is 17.2. The van der Waals surface area contributed by atoms with Gasteiger partial charge in [0.05, 0.1) is 11.8 Å². The topological polar surface area (TPSA) is 91.9 Å². The van der Waals surface area contributed by atoms with Crippen LogP contribution in [0.5, 0.6) is 0 Å². The summed E-state index contributed by atoms with van der Waals surface area (Å²) >= 11 is 0. The van der Waals surface area contributed by atoms with Gasteiger partial charge in [-0.1, -0.05) is 29.8 Å². The van der Waals surface area contributed by atoms with Crippen LogP contribution in [0.2, 0.25) is 0 Å². The molecule has 1 amide bonds. The molecule has 0 fully saturated rings. The van der Waals surface area contributed by atoms with Gasteiger partial charge in [0.1, 0.15) is 11.5 Å². The Labute approximate surface area is 149 Å². The van der Waals surface area contributed by atoms with Crippen LogP contribution in [0.25, 0.3) is 11.3 Å². The summed E-state index contributed by atoms with van der Waals surface area (Å²) in [7, 11) is 0. The number of benzene rings is 2. The maximum absolute atomic E-state index is 12.0. The van der Waals surface area contributed by atoms with Crippen LogP contribution in [0.1, 0.15) is 32.0 Å². The van der Waals surface area contributed by atoms with Crippen molar-refractivity contribution >= 4 is 18.1 Å². The molecule has 6 heteroatoms. The molecule has 1 heterocycles. The highest BCUT2D eigenvalue weighted by molar-refractivity contribution is 5.95. The van der Waals surface area contributed by atoms with Gasteiger partial charge in [-0.05, 0) is 43.3 Å². The average Bonchev–Trinajstić information content (AvgIpc) is 3.10. The van der Waals surface area contributed by atoms with Crippen LogP contribution in [0.15, 0.2) is 70.2 Å². The fraction of sp³-hybridized carbons (Fsp3) is 0.0500. The van der Waals surface area contributed by atoms with Gasteiger partial charge in [-0.15, -0.1) is 0 Å². The van der Waals surface area contributed by atoms with Gasteiger partial charge in [-0.3, -0.25) is 4.79 Å². The van der Waals surface area contributed by atoms with Gasteiger partial charge in [0, 0.05) is 11.1 Å². The van der Waals surface area contributed by atoms with Crippen molar-refractivity contribution < 1.29 is 19.1 Å². The van der Waals surface area contributed by atoms with Crippen molar-refractivity contribution in [3.63, 3.8) is 0 Å². The Kier molecular flexibility index (Phi) is 4.94. The first-order valence-corrected chi connectivity index (χ1v) is 7.86. The van der Waals surface area contributed by atoms with E-state index >= 15 is 0 Å². The molecule has 6 nitrogen and oxygen atoms in total. The molecule has 1 aromatic heterocycles.